The van der Waals surface area contributed by atoms with Crippen LogP contribution in [0.2, 0.25) is 0 Å². The summed E-state index contributed by atoms with van der Waals surface area (Å²) in [6.45, 7) is 1.72. The van der Waals surface area contributed by atoms with E-state index in [4.69, 9.17) is 10.5 Å². The van der Waals surface area contributed by atoms with Gasteiger partial charge in [0.2, 0.25) is 5.95 Å². The second kappa shape index (κ2) is 8.99. The van der Waals surface area contributed by atoms with Crippen molar-refractivity contribution in [2.75, 3.05) is 23.1 Å². The molecule has 0 aliphatic carbocycles. The van der Waals surface area contributed by atoms with E-state index in [-0.39, 0.29) is 6.54 Å². The van der Waals surface area contributed by atoms with Crippen LogP contribution in [0.3, 0.4) is 0 Å². The third-order valence-corrected chi connectivity index (χ3v) is 4.32. The van der Waals surface area contributed by atoms with Gasteiger partial charge in [-0.25, -0.2) is 9.97 Å². The minimum absolute atomic E-state index is 0.0150. The van der Waals surface area contributed by atoms with Crippen molar-refractivity contribution in [2.24, 2.45) is 0 Å². The highest BCUT2D eigenvalue weighted by Gasteiger charge is 2.26. The standard InChI is InChI=1S/C21H20FN5O3/c1-13-9-15(11-25-19(13)23)26-20(28)21(29)27(12-14-7-8-18(22)24-10-14)16-5-3-4-6-17(16)30-2/h3-11H,12H2,1-2H3,(H2,23,25)(H,26,28). The van der Waals surface area contributed by atoms with Gasteiger partial charge < -0.3 is 15.8 Å². The molecule has 0 aliphatic heterocycles. The van der Waals surface area contributed by atoms with Crippen molar-refractivity contribution >= 4 is 29.0 Å². The molecule has 0 fully saturated rings. The highest BCUT2D eigenvalue weighted by molar-refractivity contribution is 6.44. The average Bonchev–Trinajstić information content (AvgIpc) is 2.75. The number of methoxy groups -OCH3 is 1. The highest BCUT2D eigenvalue weighted by atomic mass is 19.1. The fourth-order valence-electron chi connectivity index (χ4n) is 2.76. The number of para-hydroxylation sites is 2. The number of rotatable bonds is 5. The summed E-state index contributed by atoms with van der Waals surface area (Å²) in [6, 6.07) is 11.1. The van der Waals surface area contributed by atoms with Crippen LogP contribution in [0.4, 0.5) is 21.6 Å². The minimum Gasteiger partial charge on any atom is -0.495 e. The van der Waals surface area contributed by atoms with Gasteiger partial charge in [0.15, 0.2) is 0 Å². The van der Waals surface area contributed by atoms with Crippen LogP contribution in [0.25, 0.3) is 0 Å². The van der Waals surface area contributed by atoms with Crippen molar-refractivity contribution in [3.63, 3.8) is 0 Å². The molecule has 0 aliphatic rings. The first-order valence-corrected chi connectivity index (χ1v) is 8.97. The smallest absolute Gasteiger partial charge is 0.317 e. The zero-order valence-electron chi connectivity index (χ0n) is 16.4. The van der Waals surface area contributed by atoms with Gasteiger partial charge in [0, 0.05) is 6.20 Å². The van der Waals surface area contributed by atoms with E-state index in [0.717, 1.165) is 0 Å². The fraction of sp³-hybridized carbons (Fsp3) is 0.143. The molecule has 1 aromatic carbocycles. The molecule has 30 heavy (non-hydrogen) atoms. The molecule has 0 spiro atoms. The fourth-order valence-corrected chi connectivity index (χ4v) is 2.76. The van der Waals surface area contributed by atoms with Gasteiger partial charge in [0.1, 0.15) is 11.6 Å². The van der Waals surface area contributed by atoms with Crippen LogP contribution in [-0.2, 0) is 16.1 Å². The summed E-state index contributed by atoms with van der Waals surface area (Å²) >= 11 is 0. The van der Waals surface area contributed by atoms with Crippen LogP contribution >= 0.6 is 0 Å². The largest absolute Gasteiger partial charge is 0.495 e. The number of halogens is 1. The molecule has 2 aromatic heterocycles. The molecule has 0 atom stereocenters. The van der Waals surface area contributed by atoms with Crippen molar-refractivity contribution in [3.05, 3.63) is 71.9 Å². The van der Waals surface area contributed by atoms with Gasteiger partial charge in [0.25, 0.3) is 0 Å². The predicted octanol–water partition coefficient (Wildman–Crippen LogP) is 2.69. The summed E-state index contributed by atoms with van der Waals surface area (Å²) in [6.07, 6.45) is 2.67. The van der Waals surface area contributed by atoms with Crippen LogP contribution < -0.4 is 20.7 Å². The molecule has 0 saturated heterocycles. The Labute approximate surface area is 172 Å². The van der Waals surface area contributed by atoms with Gasteiger partial charge in [-0.3, -0.25) is 14.5 Å². The number of benzene rings is 1. The molecular formula is C21H20FN5O3. The molecular weight excluding hydrogens is 389 g/mol. The maximum Gasteiger partial charge on any atom is 0.317 e. The first-order valence-electron chi connectivity index (χ1n) is 8.97. The van der Waals surface area contributed by atoms with Crippen LogP contribution in [-0.4, -0.2) is 28.9 Å². The molecule has 3 rings (SSSR count). The Morgan fingerprint density at radius 3 is 2.60 bits per heavy atom. The van der Waals surface area contributed by atoms with E-state index in [1.54, 1.807) is 37.3 Å². The Morgan fingerprint density at radius 1 is 1.17 bits per heavy atom. The number of aromatic nitrogens is 2. The molecule has 3 N–H and O–H groups in total. The third-order valence-electron chi connectivity index (χ3n) is 4.32. The number of nitrogens with zero attached hydrogens (tertiary/aromatic N) is 3. The summed E-state index contributed by atoms with van der Waals surface area (Å²) in [5, 5.41) is 2.53. The van der Waals surface area contributed by atoms with Gasteiger partial charge >= 0.3 is 11.8 Å². The first kappa shape index (κ1) is 20.7. The molecule has 0 bridgehead atoms. The Kier molecular flexibility index (Phi) is 6.21. The van der Waals surface area contributed by atoms with Crippen LogP contribution in [0.5, 0.6) is 5.75 Å². The second-order valence-electron chi connectivity index (χ2n) is 6.43. The van der Waals surface area contributed by atoms with E-state index in [1.807, 2.05) is 0 Å². The molecule has 2 heterocycles. The van der Waals surface area contributed by atoms with E-state index >= 15 is 0 Å². The SMILES string of the molecule is COc1ccccc1N(Cc1ccc(F)nc1)C(=O)C(=O)Nc1cnc(N)c(C)c1. The van der Waals surface area contributed by atoms with E-state index in [2.05, 4.69) is 15.3 Å². The second-order valence-corrected chi connectivity index (χ2v) is 6.43. The maximum absolute atomic E-state index is 13.2. The van der Waals surface area contributed by atoms with E-state index in [1.165, 1.54) is 36.5 Å². The summed E-state index contributed by atoms with van der Waals surface area (Å²) < 4.78 is 18.5. The number of nitrogens with two attached hydrogens (primary N) is 1. The zero-order valence-corrected chi connectivity index (χ0v) is 16.4. The number of hydrogen-bond donors (Lipinski definition) is 2. The summed E-state index contributed by atoms with van der Waals surface area (Å²) in [5.41, 5.74) is 7.61. The molecule has 0 unspecified atom stereocenters. The van der Waals surface area contributed by atoms with Gasteiger partial charge in [-0.15, -0.1) is 0 Å². The van der Waals surface area contributed by atoms with Crippen molar-refractivity contribution in [2.45, 2.75) is 13.5 Å². The summed E-state index contributed by atoms with van der Waals surface area (Å²) in [5.74, 6) is -1.62. The monoisotopic (exact) mass is 409 g/mol. The Hall–Kier alpha value is -4.01. The zero-order chi connectivity index (χ0) is 21.7. The molecule has 154 valence electrons. The van der Waals surface area contributed by atoms with Crippen LogP contribution in [0, 0.1) is 12.9 Å². The molecule has 0 saturated carbocycles. The number of pyridine rings is 2. The van der Waals surface area contributed by atoms with Crippen molar-refractivity contribution < 1.29 is 18.7 Å². The molecule has 9 heteroatoms. The number of amides is 2. The van der Waals surface area contributed by atoms with Crippen molar-refractivity contribution in [1.82, 2.24) is 9.97 Å². The van der Waals surface area contributed by atoms with Gasteiger partial charge in [0.05, 0.1) is 31.2 Å². The lowest BCUT2D eigenvalue weighted by Gasteiger charge is -2.24. The van der Waals surface area contributed by atoms with Crippen LogP contribution in [0.1, 0.15) is 11.1 Å². The quantitative estimate of drug-likeness (QED) is 0.495. The Bertz CT molecular complexity index is 1070. The lowest BCUT2D eigenvalue weighted by molar-refractivity contribution is -0.134. The van der Waals surface area contributed by atoms with Gasteiger partial charge in [-0.05, 0) is 42.3 Å². The Morgan fingerprint density at radius 2 is 1.93 bits per heavy atom. The lowest BCUT2D eigenvalue weighted by atomic mass is 10.2. The van der Waals surface area contributed by atoms with E-state index in [9.17, 15) is 14.0 Å². The molecule has 8 nitrogen and oxygen atoms in total. The minimum atomic E-state index is -0.873. The number of nitrogens with one attached hydrogen (secondary N) is 1. The molecule has 2 amide bonds. The maximum atomic E-state index is 13.2. The first-order chi connectivity index (χ1) is 14.4. The highest BCUT2D eigenvalue weighted by Crippen LogP contribution is 2.29. The number of anilines is 3. The normalized spacial score (nSPS) is 10.4. The molecule has 3 aromatic rings. The predicted molar refractivity (Wildman–Crippen MR) is 110 cm³/mol. The summed E-state index contributed by atoms with van der Waals surface area (Å²) in [4.78, 5) is 34.6. The number of ether oxygens (including phenoxy) is 1. The number of carbonyl (C=O) groups excluding carboxylic acids is 2. The van der Waals surface area contributed by atoms with Gasteiger partial charge in [-0.1, -0.05) is 18.2 Å². The number of nitrogen functional groups attached to an aromatic ring is 1. The topological polar surface area (TPSA) is 110 Å². The molecule has 0 radical (unpaired) electrons. The van der Waals surface area contributed by atoms with E-state index < -0.39 is 17.8 Å². The number of hydrogen-bond acceptors (Lipinski definition) is 6. The lowest BCUT2D eigenvalue weighted by Crippen LogP contribution is -2.39. The van der Waals surface area contributed by atoms with Crippen molar-refractivity contribution in [1.29, 1.82) is 0 Å². The Balaban J connectivity index is 1.91. The average molecular weight is 409 g/mol. The van der Waals surface area contributed by atoms with E-state index in [0.29, 0.717) is 34.1 Å². The summed E-state index contributed by atoms with van der Waals surface area (Å²) in [7, 11) is 1.46. The third kappa shape index (κ3) is 4.69. The number of aryl methyl sites for hydroxylation is 1. The van der Waals surface area contributed by atoms with Crippen LogP contribution in [0.15, 0.2) is 54.9 Å². The van der Waals surface area contributed by atoms with Crippen molar-refractivity contribution in [3.8, 4) is 5.75 Å². The van der Waals surface area contributed by atoms with Gasteiger partial charge in [-0.2, -0.15) is 4.39 Å². The number of carbonyl (C=O) groups is 2.